The van der Waals surface area contributed by atoms with Gasteiger partial charge in [0.1, 0.15) is 0 Å². The molecule has 3 rings (SSSR count). The number of hydrogen-bond acceptors (Lipinski definition) is 6. The van der Waals surface area contributed by atoms with Gasteiger partial charge in [-0.05, 0) is 44.0 Å². The zero-order chi connectivity index (χ0) is 21.2. The largest absolute Gasteiger partial charge is 0.296 e. The normalized spacial score (nSPS) is 12.6. The molecular formula is C19H19ClN4O3S2. The Morgan fingerprint density at radius 1 is 1.14 bits per heavy atom. The molecule has 1 unspecified atom stereocenters. The maximum atomic E-state index is 12.7. The second-order valence-corrected chi connectivity index (χ2v) is 9.78. The molecule has 7 nitrogen and oxygen atoms in total. The fourth-order valence-electron chi connectivity index (χ4n) is 2.75. The van der Waals surface area contributed by atoms with Crippen LogP contribution in [0.4, 0.5) is 5.13 Å². The molecule has 0 aliphatic carbocycles. The van der Waals surface area contributed by atoms with Crippen LogP contribution in [0.3, 0.4) is 0 Å². The van der Waals surface area contributed by atoms with Gasteiger partial charge in [0.15, 0.2) is 0 Å². The average molecular weight is 451 g/mol. The molecule has 0 spiro atoms. The Balaban J connectivity index is 1.75. The highest BCUT2D eigenvalue weighted by Crippen LogP contribution is 2.25. The van der Waals surface area contributed by atoms with Crippen molar-refractivity contribution in [2.24, 2.45) is 0 Å². The maximum absolute atomic E-state index is 12.7. The van der Waals surface area contributed by atoms with Crippen molar-refractivity contribution in [1.82, 2.24) is 14.9 Å². The van der Waals surface area contributed by atoms with Gasteiger partial charge in [-0.15, -0.1) is 10.2 Å². The molecule has 2 aromatic carbocycles. The molecule has 0 saturated carbocycles. The number of carbonyl (C=O) groups excluding carboxylic acids is 1. The van der Waals surface area contributed by atoms with Gasteiger partial charge >= 0.3 is 0 Å². The zero-order valence-electron chi connectivity index (χ0n) is 15.9. The van der Waals surface area contributed by atoms with Gasteiger partial charge in [-0.3, -0.25) is 10.1 Å². The van der Waals surface area contributed by atoms with E-state index in [1.54, 1.807) is 31.2 Å². The Kier molecular flexibility index (Phi) is 6.33. The van der Waals surface area contributed by atoms with Crippen LogP contribution in [0.25, 0.3) is 0 Å². The lowest BCUT2D eigenvalue weighted by atomic mass is 10.0. The summed E-state index contributed by atoms with van der Waals surface area (Å²) in [6.07, 6.45) is 0. The number of nitrogens with one attached hydrogen (secondary N) is 2. The summed E-state index contributed by atoms with van der Waals surface area (Å²) in [5, 5.41) is 10.3. The number of nitrogens with zero attached hydrogens (tertiary/aromatic N) is 2. The lowest BCUT2D eigenvalue weighted by Crippen LogP contribution is -2.27. The Morgan fingerprint density at radius 3 is 2.59 bits per heavy atom. The molecule has 2 N–H and O–H groups in total. The first kappa shape index (κ1) is 21.4. The second kappa shape index (κ2) is 8.58. The molecule has 152 valence electrons. The first-order chi connectivity index (χ1) is 13.7. The number of sulfonamides is 1. The fourth-order valence-corrected chi connectivity index (χ4v) is 5.11. The van der Waals surface area contributed by atoms with Crippen molar-refractivity contribution in [3.63, 3.8) is 0 Å². The van der Waals surface area contributed by atoms with E-state index >= 15 is 0 Å². The van der Waals surface area contributed by atoms with E-state index in [0.29, 0.717) is 0 Å². The van der Waals surface area contributed by atoms with Crippen molar-refractivity contribution in [2.45, 2.75) is 31.2 Å². The number of halogens is 1. The summed E-state index contributed by atoms with van der Waals surface area (Å²) in [6.45, 7) is 5.64. The SMILES string of the molecule is Cc1ccc(C)c(C(C)NS(=O)(=O)c2nnc(NC(=O)c3ccccc3Cl)s2)c1. The molecule has 3 aromatic rings. The van der Waals surface area contributed by atoms with Gasteiger partial charge < -0.3 is 0 Å². The number of anilines is 1. The van der Waals surface area contributed by atoms with Crippen molar-refractivity contribution >= 4 is 44.0 Å². The minimum Gasteiger partial charge on any atom is -0.296 e. The highest BCUT2D eigenvalue weighted by Gasteiger charge is 2.24. The molecule has 0 aliphatic rings. The third-order valence-corrected chi connectivity index (χ3v) is 7.28. The van der Waals surface area contributed by atoms with E-state index in [4.69, 9.17) is 11.6 Å². The Labute approximate surface area is 178 Å². The maximum Gasteiger partial charge on any atom is 0.270 e. The smallest absolute Gasteiger partial charge is 0.270 e. The molecule has 0 aliphatic heterocycles. The van der Waals surface area contributed by atoms with Gasteiger partial charge in [0, 0.05) is 6.04 Å². The van der Waals surface area contributed by atoms with Gasteiger partial charge in [-0.1, -0.05) is 58.8 Å². The predicted octanol–water partition coefficient (Wildman–Crippen LogP) is 4.10. The number of amides is 1. The van der Waals surface area contributed by atoms with Crippen LogP contribution in [0.15, 0.2) is 46.8 Å². The van der Waals surface area contributed by atoms with Crippen LogP contribution >= 0.6 is 22.9 Å². The molecule has 0 saturated heterocycles. The summed E-state index contributed by atoms with van der Waals surface area (Å²) in [5.41, 5.74) is 3.16. The van der Waals surface area contributed by atoms with Crippen molar-refractivity contribution in [3.05, 3.63) is 69.7 Å². The number of carbonyl (C=O) groups is 1. The zero-order valence-corrected chi connectivity index (χ0v) is 18.3. The van der Waals surface area contributed by atoms with E-state index in [9.17, 15) is 13.2 Å². The molecule has 10 heteroatoms. The molecule has 1 amide bonds. The molecule has 1 aromatic heterocycles. The van der Waals surface area contributed by atoms with E-state index in [1.165, 1.54) is 0 Å². The molecule has 1 heterocycles. The summed E-state index contributed by atoms with van der Waals surface area (Å²) in [5.74, 6) is -0.493. The van der Waals surface area contributed by atoms with E-state index in [-0.39, 0.29) is 20.1 Å². The first-order valence-electron chi connectivity index (χ1n) is 8.66. The van der Waals surface area contributed by atoms with E-state index in [0.717, 1.165) is 28.0 Å². The third kappa shape index (κ3) is 4.99. The molecule has 0 fully saturated rings. The van der Waals surface area contributed by atoms with Gasteiger partial charge in [-0.25, -0.2) is 13.1 Å². The standard InChI is InChI=1S/C19H19ClN4O3S2/c1-11-8-9-12(2)15(10-11)13(3)24-29(26,27)19-23-22-18(28-19)21-17(25)14-6-4-5-7-16(14)20/h4-10,13,24H,1-3H3,(H,21,22,25). The third-order valence-electron chi connectivity index (χ3n) is 4.21. The lowest BCUT2D eigenvalue weighted by Gasteiger charge is -2.16. The molecule has 29 heavy (non-hydrogen) atoms. The van der Waals surface area contributed by atoms with Gasteiger partial charge in [0.2, 0.25) is 9.47 Å². The second-order valence-electron chi connectivity index (χ2n) is 6.51. The van der Waals surface area contributed by atoms with Crippen molar-refractivity contribution in [1.29, 1.82) is 0 Å². The Morgan fingerprint density at radius 2 is 1.86 bits per heavy atom. The Hall–Kier alpha value is -2.33. The lowest BCUT2D eigenvalue weighted by molar-refractivity contribution is 0.102. The molecular weight excluding hydrogens is 432 g/mol. The van der Waals surface area contributed by atoms with Crippen LogP contribution in [0.2, 0.25) is 5.02 Å². The topological polar surface area (TPSA) is 101 Å². The highest BCUT2D eigenvalue weighted by atomic mass is 35.5. The van der Waals surface area contributed by atoms with Crippen molar-refractivity contribution in [2.75, 3.05) is 5.32 Å². The fraction of sp³-hybridized carbons (Fsp3) is 0.211. The van der Waals surface area contributed by atoms with Crippen LogP contribution in [0.5, 0.6) is 0 Å². The Bertz CT molecular complexity index is 1160. The van der Waals surface area contributed by atoms with E-state index in [1.807, 2.05) is 32.0 Å². The van der Waals surface area contributed by atoms with Crippen LogP contribution in [-0.4, -0.2) is 24.5 Å². The van der Waals surface area contributed by atoms with Crippen molar-refractivity contribution < 1.29 is 13.2 Å². The predicted molar refractivity (Wildman–Crippen MR) is 114 cm³/mol. The minimum atomic E-state index is -3.91. The summed E-state index contributed by atoms with van der Waals surface area (Å²) >= 11 is 6.77. The van der Waals surface area contributed by atoms with E-state index in [2.05, 4.69) is 20.2 Å². The molecule has 0 radical (unpaired) electrons. The molecule has 1 atom stereocenters. The number of benzene rings is 2. The number of aryl methyl sites for hydroxylation is 2. The number of hydrogen-bond donors (Lipinski definition) is 2. The number of rotatable bonds is 6. The summed E-state index contributed by atoms with van der Waals surface area (Å²) < 4.78 is 27.8. The van der Waals surface area contributed by atoms with E-state index < -0.39 is 22.0 Å². The molecule has 0 bridgehead atoms. The highest BCUT2D eigenvalue weighted by molar-refractivity contribution is 7.91. The average Bonchev–Trinajstić information content (AvgIpc) is 3.13. The van der Waals surface area contributed by atoms with Gasteiger partial charge in [-0.2, -0.15) is 0 Å². The van der Waals surface area contributed by atoms with Crippen LogP contribution in [0.1, 0.15) is 40.0 Å². The monoisotopic (exact) mass is 450 g/mol. The van der Waals surface area contributed by atoms with Crippen LogP contribution in [0, 0.1) is 13.8 Å². The van der Waals surface area contributed by atoms with Gasteiger partial charge in [0.25, 0.3) is 15.9 Å². The summed E-state index contributed by atoms with van der Waals surface area (Å²) in [4.78, 5) is 12.3. The van der Waals surface area contributed by atoms with Crippen LogP contribution < -0.4 is 10.0 Å². The minimum absolute atomic E-state index is 0.0645. The first-order valence-corrected chi connectivity index (χ1v) is 11.3. The van der Waals surface area contributed by atoms with Crippen molar-refractivity contribution in [3.8, 4) is 0 Å². The van der Waals surface area contributed by atoms with Crippen LogP contribution in [-0.2, 0) is 10.0 Å². The quantitative estimate of drug-likeness (QED) is 0.550. The summed E-state index contributed by atoms with van der Waals surface area (Å²) in [7, 11) is -3.91. The van der Waals surface area contributed by atoms with Gasteiger partial charge in [0.05, 0.1) is 10.6 Å². The number of aromatic nitrogens is 2. The summed E-state index contributed by atoms with van der Waals surface area (Å²) in [6, 6.07) is 11.9.